The predicted molar refractivity (Wildman–Crippen MR) is 76.7 cm³/mol. The summed E-state index contributed by atoms with van der Waals surface area (Å²) in [5, 5.41) is 3.39. The number of hydrogen-bond acceptors (Lipinski definition) is 3. The summed E-state index contributed by atoms with van der Waals surface area (Å²) in [5.74, 6) is 0.500. The standard InChI is InChI=1S/C15H21N3O2/c19-14-5-1-4-13(17-14)15(20)18(12-6-7-12)10-11-3-2-8-16-9-11/h1,4-5,11-12,16H,2-3,6-10H2,(H,17,19). The van der Waals surface area contributed by atoms with Crippen molar-refractivity contribution in [2.45, 2.75) is 31.7 Å². The van der Waals surface area contributed by atoms with Gasteiger partial charge in [0.15, 0.2) is 0 Å². The van der Waals surface area contributed by atoms with Gasteiger partial charge in [-0.05, 0) is 50.8 Å². The number of aromatic amines is 1. The van der Waals surface area contributed by atoms with Crippen LogP contribution in [0.3, 0.4) is 0 Å². The molecule has 3 rings (SSSR count). The van der Waals surface area contributed by atoms with Gasteiger partial charge in [-0.2, -0.15) is 0 Å². The lowest BCUT2D eigenvalue weighted by atomic mass is 9.99. The van der Waals surface area contributed by atoms with Gasteiger partial charge in [-0.3, -0.25) is 9.59 Å². The normalized spacial score (nSPS) is 22.5. The predicted octanol–water partition coefficient (Wildman–Crippen LogP) is 0.979. The molecule has 2 N–H and O–H groups in total. The molecule has 1 aliphatic heterocycles. The third-order valence-corrected chi connectivity index (χ3v) is 4.10. The quantitative estimate of drug-likeness (QED) is 0.861. The fraction of sp³-hybridized carbons (Fsp3) is 0.600. The highest BCUT2D eigenvalue weighted by Gasteiger charge is 2.34. The van der Waals surface area contributed by atoms with Crippen molar-refractivity contribution in [2.24, 2.45) is 5.92 Å². The molecule has 5 heteroatoms. The fourth-order valence-corrected chi connectivity index (χ4v) is 2.87. The Bertz CT molecular complexity index is 530. The summed E-state index contributed by atoms with van der Waals surface area (Å²) in [6, 6.07) is 5.13. The molecule has 1 unspecified atom stereocenters. The summed E-state index contributed by atoms with van der Waals surface area (Å²) in [7, 11) is 0. The summed E-state index contributed by atoms with van der Waals surface area (Å²) in [5.41, 5.74) is 0.194. The van der Waals surface area contributed by atoms with E-state index in [4.69, 9.17) is 0 Å². The maximum Gasteiger partial charge on any atom is 0.270 e. The average molecular weight is 275 g/mol. The zero-order chi connectivity index (χ0) is 13.9. The second kappa shape index (κ2) is 5.79. The Labute approximate surface area is 118 Å². The highest BCUT2D eigenvalue weighted by Crippen LogP contribution is 2.29. The van der Waals surface area contributed by atoms with Gasteiger partial charge in [0, 0.05) is 18.7 Å². The molecule has 1 aliphatic carbocycles. The monoisotopic (exact) mass is 275 g/mol. The molecule has 2 fully saturated rings. The Morgan fingerprint density at radius 3 is 2.80 bits per heavy atom. The van der Waals surface area contributed by atoms with Gasteiger partial charge in [-0.25, -0.2) is 0 Å². The van der Waals surface area contributed by atoms with E-state index in [2.05, 4.69) is 10.3 Å². The largest absolute Gasteiger partial charge is 0.334 e. The van der Waals surface area contributed by atoms with Crippen LogP contribution in [-0.2, 0) is 0 Å². The zero-order valence-corrected chi connectivity index (χ0v) is 11.6. The van der Waals surface area contributed by atoms with Crippen LogP contribution in [0.4, 0.5) is 0 Å². The van der Waals surface area contributed by atoms with Crippen molar-refractivity contribution in [2.75, 3.05) is 19.6 Å². The van der Waals surface area contributed by atoms with E-state index in [9.17, 15) is 9.59 Å². The van der Waals surface area contributed by atoms with E-state index in [0.29, 0.717) is 17.7 Å². The molecule has 1 amide bonds. The Balaban J connectivity index is 1.72. The van der Waals surface area contributed by atoms with Crippen LogP contribution in [0.1, 0.15) is 36.2 Å². The number of aromatic nitrogens is 1. The summed E-state index contributed by atoms with van der Waals surface area (Å²) in [4.78, 5) is 28.6. The first kappa shape index (κ1) is 13.4. The van der Waals surface area contributed by atoms with Gasteiger partial charge in [-0.1, -0.05) is 6.07 Å². The van der Waals surface area contributed by atoms with Gasteiger partial charge < -0.3 is 15.2 Å². The number of carbonyl (C=O) groups excluding carboxylic acids is 1. The number of amides is 1. The number of nitrogens with zero attached hydrogens (tertiary/aromatic N) is 1. The minimum atomic E-state index is -0.217. The Hall–Kier alpha value is -1.62. The van der Waals surface area contributed by atoms with E-state index in [1.807, 2.05) is 4.90 Å². The van der Waals surface area contributed by atoms with E-state index >= 15 is 0 Å². The molecule has 2 aliphatic rings. The van der Waals surface area contributed by atoms with E-state index in [0.717, 1.165) is 32.5 Å². The minimum absolute atomic E-state index is 0.0317. The molecule has 0 spiro atoms. The van der Waals surface area contributed by atoms with Crippen molar-refractivity contribution >= 4 is 5.91 Å². The van der Waals surface area contributed by atoms with Crippen molar-refractivity contribution in [1.29, 1.82) is 0 Å². The molecular formula is C15H21N3O2. The summed E-state index contributed by atoms with van der Waals surface area (Å²) < 4.78 is 0. The SMILES string of the molecule is O=C(c1cccc(=O)[nH]1)N(CC1CCCNC1)C1CC1. The molecule has 1 aromatic rings. The van der Waals surface area contributed by atoms with Crippen LogP contribution in [0, 0.1) is 5.92 Å². The molecule has 0 radical (unpaired) electrons. The maximum atomic E-state index is 12.6. The van der Waals surface area contributed by atoms with Gasteiger partial charge in [-0.15, -0.1) is 0 Å². The van der Waals surface area contributed by atoms with Crippen molar-refractivity contribution < 1.29 is 4.79 Å². The first-order valence-corrected chi connectivity index (χ1v) is 7.45. The van der Waals surface area contributed by atoms with Gasteiger partial charge in [0.1, 0.15) is 5.69 Å². The molecule has 1 aromatic heterocycles. The Morgan fingerprint density at radius 1 is 1.30 bits per heavy atom. The number of H-pyrrole nitrogens is 1. The number of nitrogens with one attached hydrogen (secondary N) is 2. The maximum absolute atomic E-state index is 12.6. The van der Waals surface area contributed by atoms with Gasteiger partial charge >= 0.3 is 0 Å². The molecule has 1 saturated carbocycles. The van der Waals surface area contributed by atoms with Crippen LogP contribution in [-0.4, -0.2) is 41.5 Å². The first-order chi connectivity index (χ1) is 9.74. The van der Waals surface area contributed by atoms with Crippen molar-refractivity contribution in [1.82, 2.24) is 15.2 Å². The zero-order valence-electron chi connectivity index (χ0n) is 11.6. The minimum Gasteiger partial charge on any atom is -0.334 e. The van der Waals surface area contributed by atoms with Crippen molar-refractivity contribution in [3.8, 4) is 0 Å². The first-order valence-electron chi connectivity index (χ1n) is 7.45. The van der Waals surface area contributed by atoms with E-state index in [1.54, 1.807) is 12.1 Å². The van der Waals surface area contributed by atoms with E-state index < -0.39 is 0 Å². The number of rotatable bonds is 4. The van der Waals surface area contributed by atoms with E-state index in [1.165, 1.54) is 18.9 Å². The van der Waals surface area contributed by atoms with Crippen LogP contribution in [0.15, 0.2) is 23.0 Å². The molecule has 1 atom stereocenters. The van der Waals surface area contributed by atoms with E-state index in [-0.39, 0.29) is 11.5 Å². The van der Waals surface area contributed by atoms with Crippen LogP contribution in [0.25, 0.3) is 0 Å². The molecule has 108 valence electrons. The number of pyridine rings is 1. The third-order valence-electron chi connectivity index (χ3n) is 4.10. The lowest BCUT2D eigenvalue weighted by Gasteiger charge is -2.30. The molecule has 0 bridgehead atoms. The van der Waals surface area contributed by atoms with Crippen molar-refractivity contribution in [3.05, 3.63) is 34.2 Å². The highest BCUT2D eigenvalue weighted by molar-refractivity contribution is 5.92. The van der Waals surface area contributed by atoms with Crippen LogP contribution >= 0.6 is 0 Å². The summed E-state index contributed by atoms with van der Waals surface area (Å²) in [6.07, 6.45) is 4.53. The number of hydrogen-bond donors (Lipinski definition) is 2. The third kappa shape index (κ3) is 3.10. The van der Waals surface area contributed by atoms with Gasteiger partial charge in [0.25, 0.3) is 5.91 Å². The second-order valence-corrected chi connectivity index (χ2v) is 5.83. The molecule has 1 saturated heterocycles. The molecule has 5 nitrogen and oxygen atoms in total. The number of piperidine rings is 1. The number of carbonyl (C=O) groups is 1. The topological polar surface area (TPSA) is 65.2 Å². The fourth-order valence-electron chi connectivity index (χ4n) is 2.87. The molecule has 20 heavy (non-hydrogen) atoms. The highest BCUT2D eigenvalue weighted by atomic mass is 16.2. The summed E-state index contributed by atoms with van der Waals surface area (Å²) in [6.45, 7) is 2.87. The lowest BCUT2D eigenvalue weighted by Crippen LogP contribution is -2.42. The van der Waals surface area contributed by atoms with Crippen molar-refractivity contribution in [3.63, 3.8) is 0 Å². The van der Waals surface area contributed by atoms with Gasteiger partial charge in [0.05, 0.1) is 0 Å². The molecular weight excluding hydrogens is 254 g/mol. The average Bonchev–Trinajstić information content (AvgIpc) is 3.30. The van der Waals surface area contributed by atoms with Crippen LogP contribution in [0.2, 0.25) is 0 Å². The summed E-state index contributed by atoms with van der Waals surface area (Å²) >= 11 is 0. The van der Waals surface area contributed by atoms with Crippen LogP contribution in [0.5, 0.6) is 0 Å². The van der Waals surface area contributed by atoms with Gasteiger partial charge in [0.2, 0.25) is 5.56 Å². The Morgan fingerprint density at radius 2 is 2.15 bits per heavy atom. The second-order valence-electron chi connectivity index (χ2n) is 5.83. The Kier molecular flexibility index (Phi) is 3.87. The molecule has 2 heterocycles. The molecule has 0 aromatic carbocycles. The van der Waals surface area contributed by atoms with Crippen LogP contribution < -0.4 is 10.9 Å². The smallest absolute Gasteiger partial charge is 0.270 e. The lowest BCUT2D eigenvalue weighted by molar-refractivity contribution is 0.0698.